The van der Waals surface area contributed by atoms with Crippen LogP contribution in [0.3, 0.4) is 0 Å². The summed E-state index contributed by atoms with van der Waals surface area (Å²) in [5.74, 6) is 1.71. The first kappa shape index (κ1) is 32.4. The van der Waals surface area contributed by atoms with Crippen LogP contribution in [0, 0.1) is 11.3 Å². The molecule has 43 heavy (non-hydrogen) atoms. The van der Waals surface area contributed by atoms with Crippen molar-refractivity contribution in [3.63, 3.8) is 0 Å². The molecule has 2 heterocycles. The summed E-state index contributed by atoms with van der Waals surface area (Å²) < 4.78 is 37.5. The van der Waals surface area contributed by atoms with Crippen LogP contribution in [0.1, 0.15) is 32.9 Å². The summed E-state index contributed by atoms with van der Waals surface area (Å²) in [5, 5.41) is 28.2. The zero-order valence-corrected chi connectivity index (χ0v) is 24.9. The minimum Gasteiger partial charge on any atom is -0.465 e. The average molecular weight is 636 g/mol. The molecular weight excluding hydrogens is 605 g/mol. The number of rotatable bonds is 12. The number of hydrogen-bond donors (Lipinski definition) is 4. The summed E-state index contributed by atoms with van der Waals surface area (Å²) >= 11 is 5.54. The molecule has 0 radical (unpaired) electrons. The van der Waals surface area contributed by atoms with Crippen molar-refractivity contribution in [1.29, 1.82) is 0 Å². The van der Waals surface area contributed by atoms with E-state index in [2.05, 4.69) is 11.0 Å². The highest BCUT2D eigenvalue weighted by Gasteiger charge is 2.56. The second kappa shape index (κ2) is 13.9. The molecule has 1 fully saturated rings. The number of H-pyrrole nitrogens is 1. The standard InChI is InChI=1S/C28H31ClN3O10P/c1-3-4-16-39-25(35)18(2)31-43(38,42-21-11-7-9-19-8-5-6-10-20(19)21)40-17-22-24(34)28(37,13-14-29)26(41-22)32-15-12-23(33)30-27(32)36/h5-12,15,18,22,24,26,34,37H,3-4,16-17H2,1-2H3,(H,31,38)(H,30,33,36). The number of aliphatic hydroxyl groups excluding tert-OH is 1. The number of unbranched alkanes of at least 4 members (excludes halogenated alkanes) is 1. The number of carbonyl (C=O) groups is 1. The van der Waals surface area contributed by atoms with Gasteiger partial charge in [-0.3, -0.25) is 23.7 Å². The van der Waals surface area contributed by atoms with Crippen LogP contribution in [0.4, 0.5) is 0 Å². The molecule has 0 amide bonds. The summed E-state index contributed by atoms with van der Waals surface area (Å²) in [5.41, 5.74) is -4.10. The number of halogens is 1. The molecule has 0 saturated carbocycles. The van der Waals surface area contributed by atoms with E-state index in [-0.39, 0.29) is 12.4 Å². The molecule has 15 heteroatoms. The molecule has 4 N–H and O–H groups in total. The number of aromatic nitrogens is 2. The van der Waals surface area contributed by atoms with Crippen LogP contribution in [0.2, 0.25) is 0 Å². The minimum atomic E-state index is -4.44. The van der Waals surface area contributed by atoms with Gasteiger partial charge in [-0.2, -0.15) is 5.09 Å². The Labute approximate surface area is 251 Å². The van der Waals surface area contributed by atoms with Gasteiger partial charge >= 0.3 is 19.4 Å². The summed E-state index contributed by atoms with van der Waals surface area (Å²) in [6, 6.07) is 12.1. The van der Waals surface area contributed by atoms with Gasteiger partial charge in [0.15, 0.2) is 6.23 Å². The molecule has 2 aromatic carbocycles. The number of ether oxygens (including phenoxy) is 2. The molecular formula is C28H31ClN3O10P. The van der Waals surface area contributed by atoms with Crippen molar-refractivity contribution in [1.82, 2.24) is 14.6 Å². The van der Waals surface area contributed by atoms with E-state index in [9.17, 15) is 29.2 Å². The number of fused-ring (bicyclic) bond motifs is 1. The van der Waals surface area contributed by atoms with E-state index in [1.165, 1.54) is 6.92 Å². The van der Waals surface area contributed by atoms with Crippen molar-refractivity contribution in [3.8, 4) is 17.0 Å². The third-order valence-electron chi connectivity index (χ3n) is 6.66. The van der Waals surface area contributed by atoms with Crippen LogP contribution >= 0.6 is 19.3 Å². The van der Waals surface area contributed by atoms with Gasteiger partial charge in [0.2, 0.25) is 5.60 Å². The average Bonchev–Trinajstić information content (AvgIpc) is 3.21. The molecule has 1 aromatic heterocycles. The van der Waals surface area contributed by atoms with E-state index < -0.39 is 61.7 Å². The predicted octanol–water partition coefficient (Wildman–Crippen LogP) is 2.40. The Morgan fingerprint density at radius 3 is 2.72 bits per heavy atom. The maximum absolute atomic E-state index is 14.2. The van der Waals surface area contributed by atoms with Gasteiger partial charge < -0.3 is 24.2 Å². The van der Waals surface area contributed by atoms with E-state index in [1.807, 2.05) is 35.5 Å². The van der Waals surface area contributed by atoms with Crippen molar-refractivity contribution in [2.45, 2.75) is 56.8 Å². The Hall–Kier alpha value is -3.47. The predicted molar refractivity (Wildman–Crippen MR) is 156 cm³/mol. The van der Waals surface area contributed by atoms with Gasteiger partial charge in [0.25, 0.3) is 5.56 Å². The number of aromatic amines is 1. The van der Waals surface area contributed by atoms with Gasteiger partial charge in [0.1, 0.15) is 24.0 Å². The quantitative estimate of drug-likeness (QED) is 0.0994. The van der Waals surface area contributed by atoms with Crippen LogP contribution in [0.15, 0.2) is 64.3 Å². The number of hydrogen-bond acceptors (Lipinski definition) is 10. The number of nitrogens with zero attached hydrogens (tertiary/aromatic N) is 1. The third kappa shape index (κ3) is 7.37. The fraction of sp³-hybridized carbons (Fsp3) is 0.393. The molecule has 0 bridgehead atoms. The third-order valence-corrected chi connectivity index (χ3v) is 8.38. The molecule has 0 aliphatic carbocycles. The van der Waals surface area contributed by atoms with Crippen LogP contribution in [0.25, 0.3) is 10.8 Å². The van der Waals surface area contributed by atoms with Crippen molar-refractivity contribution in [2.24, 2.45) is 0 Å². The zero-order valence-electron chi connectivity index (χ0n) is 23.3. The van der Waals surface area contributed by atoms with Crippen LogP contribution in [-0.2, 0) is 23.4 Å². The van der Waals surface area contributed by atoms with Crippen LogP contribution in [-0.4, -0.2) is 62.8 Å². The summed E-state index contributed by atoms with van der Waals surface area (Å²) in [4.78, 5) is 38.6. The SMILES string of the molecule is CCCCOC(=O)C(C)NP(=O)(OCC1OC(n2ccc(=O)[nH]c2=O)C(O)(C#CCl)C1O)Oc1cccc2ccccc12. The van der Waals surface area contributed by atoms with E-state index in [4.69, 9.17) is 30.1 Å². The van der Waals surface area contributed by atoms with E-state index in [0.717, 1.165) is 28.6 Å². The van der Waals surface area contributed by atoms with E-state index in [0.29, 0.717) is 11.8 Å². The molecule has 230 valence electrons. The molecule has 1 aliphatic rings. The van der Waals surface area contributed by atoms with Gasteiger partial charge in [-0.1, -0.05) is 49.7 Å². The molecule has 3 aromatic rings. The topological polar surface area (TPSA) is 178 Å². The molecule has 1 aliphatic heterocycles. The van der Waals surface area contributed by atoms with Crippen molar-refractivity contribution >= 4 is 36.1 Å². The van der Waals surface area contributed by atoms with Gasteiger partial charge in [-0.15, -0.1) is 0 Å². The zero-order chi connectivity index (χ0) is 31.2. The first-order valence-electron chi connectivity index (χ1n) is 13.4. The van der Waals surface area contributed by atoms with E-state index in [1.54, 1.807) is 24.3 Å². The fourth-order valence-electron chi connectivity index (χ4n) is 4.40. The first-order chi connectivity index (χ1) is 20.5. The summed E-state index contributed by atoms with van der Waals surface area (Å²) in [6.45, 7) is 2.86. The number of nitrogens with one attached hydrogen (secondary N) is 2. The Morgan fingerprint density at radius 1 is 1.26 bits per heavy atom. The highest BCUT2D eigenvalue weighted by Crippen LogP contribution is 2.48. The highest BCUT2D eigenvalue weighted by molar-refractivity contribution is 7.52. The van der Waals surface area contributed by atoms with Crippen LogP contribution in [0.5, 0.6) is 5.75 Å². The monoisotopic (exact) mass is 635 g/mol. The lowest BCUT2D eigenvalue weighted by Crippen LogP contribution is -2.48. The maximum Gasteiger partial charge on any atom is 0.459 e. The number of carbonyl (C=O) groups excluding carboxylic acids is 1. The highest BCUT2D eigenvalue weighted by atomic mass is 35.5. The molecule has 4 rings (SSSR count). The molecule has 13 nitrogen and oxygen atoms in total. The van der Waals surface area contributed by atoms with Gasteiger partial charge in [-0.25, -0.2) is 9.36 Å². The van der Waals surface area contributed by atoms with Gasteiger partial charge in [0, 0.05) is 23.0 Å². The maximum atomic E-state index is 14.2. The van der Waals surface area contributed by atoms with Crippen LogP contribution < -0.4 is 20.9 Å². The Bertz CT molecular complexity index is 1680. The lowest BCUT2D eigenvalue weighted by Gasteiger charge is -2.26. The fourth-order valence-corrected chi connectivity index (χ4v) is 6.08. The van der Waals surface area contributed by atoms with Gasteiger partial charge in [-0.05, 0) is 42.3 Å². The normalized spacial score (nSPS) is 23.6. The van der Waals surface area contributed by atoms with Gasteiger partial charge in [0.05, 0.1) is 13.2 Å². The molecule has 6 atom stereocenters. The summed E-state index contributed by atoms with van der Waals surface area (Å²) in [7, 11) is -4.44. The second-order valence-electron chi connectivity index (χ2n) is 9.77. The largest absolute Gasteiger partial charge is 0.465 e. The number of aliphatic hydroxyl groups is 2. The van der Waals surface area contributed by atoms with Crippen molar-refractivity contribution in [3.05, 3.63) is 75.6 Å². The lowest BCUT2D eigenvalue weighted by molar-refractivity contribution is -0.145. The summed E-state index contributed by atoms with van der Waals surface area (Å²) in [6.07, 6.45) is -2.44. The Morgan fingerprint density at radius 2 is 2.00 bits per heavy atom. The molecule has 1 saturated heterocycles. The minimum absolute atomic E-state index is 0.171. The van der Waals surface area contributed by atoms with Crippen molar-refractivity contribution in [2.75, 3.05) is 13.2 Å². The lowest BCUT2D eigenvalue weighted by atomic mass is 9.95. The first-order valence-corrected chi connectivity index (χ1v) is 15.3. The Kier molecular flexibility index (Phi) is 10.5. The molecule has 6 unspecified atom stereocenters. The smallest absolute Gasteiger partial charge is 0.459 e. The van der Waals surface area contributed by atoms with E-state index >= 15 is 0 Å². The second-order valence-corrected chi connectivity index (χ2v) is 11.7. The molecule has 0 spiro atoms. The van der Waals surface area contributed by atoms with Crippen molar-refractivity contribution < 1.29 is 38.1 Å². The Balaban J connectivity index is 1.62. The number of esters is 1. The number of benzene rings is 2.